The van der Waals surface area contributed by atoms with Crippen LogP contribution in [0.2, 0.25) is 0 Å². The van der Waals surface area contributed by atoms with Crippen LogP contribution in [-0.4, -0.2) is 87.6 Å². The summed E-state index contributed by atoms with van der Waals surface area (Å²) in [6.07, 6.45) is 3.15. The van der Waals surface area contributed by atoms with Gasteiger partial charge in [-0.1, -0.05) is 19.1 Å². The Balaban J connectivity index is 1.67. The number of unbranched alkanes of at least 4 members (excludes halogenated alkanes) is 1. The Morgan fingerprint density at radius 3 is 2.53 bits per heavy atom. The molecular formula is C23H40N6O. The van der Waals surface area contributed by atoms with Crippen molar-refractivity contribution in [2.75, 3.05) is 66.0 Å². The monoisotopic (exact) mass is 416 g/mol. The molecule has 30 heavy (non-hydrogen) atoms. The number of nitrogens with one attached hydrogen (secondary N) is 3. The van der Waals surface area contributed by atoms with E-state index in [1.165, 1.54) is 45.7 Å². The summed E-state index contributed by atoms with van der Waals surface area (Å²) >= 11 is 0. The molecule has 0 aliphatic carbocycles. The fourth-order valence-corrected chi connectivity index (χ4v) is 3.65. The van der Waals surface area contributed by atoms with Crippen LogP contribution in [0.5, 0.6) is 0 Å². The molecule has 1 saturated heterocycles. The molecule has 0 atom stereocenters. The Hall–Kier alpha value is -2.12. The third-order valence-corrected chi connectivity index (χ3v) is 5.53. The second-order valence-electron chi connectivity index (χ2n) is 7.70. The van der Waals surface area contributed by atoms with Gasteiger partial charge in [0.1, 0.15) is 0 Å². The van der Waals surface area contributed by atoms with E-state index in [0.717, 1.165) is 44.0 Å². The molecule has 0 spiro atoms. The normalized spacial score (nSPS) is 15.8. The van der Waals surface area contributed by atoms with Crippen LogP contribution in [0.15, 0.2) is 29.3 Å². The average Bonchev–Trinajstić information content (AvgIpc) is 2.79. The summed E-state index contributed by atoms with van der Waals surface area (Å²) in [5.41, 5.74) is 1.84. The van der Waals surface area contributed by atoms with E-state index < -0.39 is 0 Å². The van der Waals surface area contributed by atoms with Crippen LogP contribution >= 0.6 is 0 Å². The minimum absolute atomic E-state index is 0.0491. The maximum Gasteiger partial charge on any atom is 0.251 e. The van der Waals surface area contributed by atoms with Crippen LogP contribution in [0, 0.1) is 0 Å². The van der Waals surface area contributed by atoms with E-state index in [1.807, 2.05) is 18.2 Å². The SMILES string of the molecule is CCNC(=NCCCCN1CCN(CC)CC1)NCCc1cccc(C(=O)NC)c1. The average molecular weight is 417 g/mol. The number of hydrogen-bond donors (Lipinski definition) is 3. The zero-order valence-corrected chi connectivity index (χ0v) is 19.0. The van der Waals surface area contributed by atoms with Crippen LogP contribution in [0.1, 0.15) is 42.6 Å². The minimum atomic E-state index is -0.0491. The van der Waals surface area contributed by atoms with Gasteiger partial charge in [0.05, 0.1) is 0 Å². The highest BCUT2D eigenvalue weighted by molar-refractivity contribution is 5.94. The van der Waals surface area contributed by atoms with Gasteiger partial charge in [-0.2, -0.15) is 0 Å². The summed E-state index contributed by atoms with van der Waals surface area (Å²) in [6.45, 7) is 13.9. The van der Waals surface area contributed by atoms with Crippen LogP contribution in [0.3, 0.4) is 0 Å². The van der Waals surface area contributed by atoms with Gasteiger partial charge in [-0.15, -0.1) is 0 Å². The second-order valence-corrected chi connectivity index (χ2v) is 7.70. The minimum Gasteiger partial charge on any atom is -0.357 e. The van der Waals surface area contributed by atoms with Gasteiger partial charge in [0.25, 0.3) is 5.91 Å². The predicted octanol–water partition coefficient (Wildman–Crippen LogP) is 1.56. The molecule has 2 rings (SSSR count). The zero-order chi connectivity index (χ0) is 21.6. The molecule has 0 unspecified atom stereocenters. The highest BCUT2D eigenvalue weighted by Crippen LogP contribution is 2.06. The molecule has 168 valence electrons. The molecule has 0 aromatic heterocycles. The van der Waals surface area contributed by atoms with Crippen molar-refractivity contribution in [2.45, 2.75) is 33.1 Å². The Kier molecular flexibility index (Phi) is 11.3. The number of carbonyl (C=O) groups is 1. The third-order valence-electron chi connectivity index (χ3n) is 5.53. The van der Waals surface area contributed by atoms with Gasteiger partial charge in [0.15, 0.2) is 5.96 Å². The topological polar surface area (TPSA) is 72.0 Å². The highest BCUT2D eigenvalue weighted by Gasteiger charge is 2.14. The maximum atomic E-state index is 11.8. The largest absolute Gasteiger partial charge is 0.357 e. The van der Waals surface area contributed by atoms with E-state index in [4.69, 9.17) is 4.99 Å². The fourth-order valence-electron chi connectivity index (χ4n) is 3.65. The lowest BCUT2D eigenvalue weighted by Crippen LogP contribution is -2.46. The lowest BCUT2D eigenvalue weighted by atomic mass is 10.1. The molecule has 1 aliphatic rings. The summed E-state index contributed by atoms with van der Waals surface area (Å²) < 4.78 is 0. The van der Waals surface area contributed by atoms with Gasteiger partial charge in [0, 0.05) is 58.4 Å². The number of rotatable bonds is 11. The predicted molar refractivity (Wildman–Crippen MR) is 125 cm³/mol. The molecule has 0 bridgehead atoms. The molecule has 1 amide bonds. The summed E-state index contributed by atoms with van der Waals surface area (Å²) in [7, 11) is 1.65. The van der Waals surface area contributed by atoms with E-state index in [-0.39, 0.29) is 5.91 Å². The van der Waals surface area contributed by atoms with E-state index in [9.17, 15) is 4.79 Å². The molecular weight excluding hydrogens is 376 g/mol. The Morgan fingerprint density at radius 1 is 1.07 bits per heavy atom. The van der Waals surface area contributed by atoms with E-state index in [0.29, 0.717) is 5.56 Å². The molecule has 1 aliphatic heterocycles. The number of carbonyl (C=O) groups excluding carboxylic acids is 1. The maximum absolute atomic E-state index is 11.8. The van der Waals surface area contributed by atoms with Crippen molar-refractivity contribution in [1.29, 1.82) is 0 Å². The smallest absolute Gasteiger partial charge is 0.251 e. The molecule has 1 heterocycles. The van der Waals surface area contributed by atoms with Crippen LogP contribution in [0.25, 0.3) is 0 Å². The summed E-state index contributed by atoms with van der Waals surface area (Å²) in [5.74, 6) is 0.823. The third kappa shape index (κ3) is 8.71. The van der Waals surface area contributed by atoms with Crippen LogP contribution < -0.4 is 16.0 Å². The Bertz CT molecular complexity index is 655. The van der Waals surface area contributed by atoms with Crippen LogP contribution in [0.4, 0.5) is 0 Å². The molecule has 7 heteroatoms. The van der Waals surface area contributed by atoms with Crippen molar-refractivity contribution in [3.8, 4) is 0 Å². The summed E-state index contributed by atoms with van der Waals surface area (Å²) in [4.78, 5) is 21.6. The first-order valence-corrected chi connectivity index (χ1v) is 11.4. The number of likely N-dealkylation sites (N-methyl/N-ethyl adjacent to an activating group) is 1. The molecule has 0 saturated carbocycles. The van der Waals surface area contributed by atoms with Crippen molar-refractivity contribution >= 4 is 11.9 Å². The fraction of sp³-hybridized carbons (Fsp3) is 0.652. The molecule has 0 radical (unpaired) electrons. The summed E-state index contributed by atoms with van der Waals surface area (Å²) in [6, 6.07) is 7.77. The van der Waals surface area contributed by atoms with Gasteiger partial charge in [-0.25, -0.2) is 0 Å². The lowest BCUT2D eigenvalue weighted by Gasteiger charge is -2.33. The number of guanidine groups is 1. The zero-order valence-electron chi connectivity index (χ0n) is 19.0. The van der Waals surface area contributed by atoms with Gasteiger partial charge in [-0.3, -0.25) is 9.79 Å². The van der Waals surface area contributed by atoms with Crippen molar-refractivity contribution in [3.05, 3.63) is 35.4 Å². The standard InChI is InChI=1S/C23H40N6O/c1-4-25-23(26-12-6-7-14-29-17-15-28(5-2)16-18-29)27-13-11-20-9-8-10-21(19-20)22(30)24-3/h8-10,19H,4-7,11-18H2,1-3H3,(H,24,30)(H2,25,26,27). The van der Waals surface area contributed by atoms with E-state index in [1.54, 1.807) is 7.05 Å². The number of piperazine rings is 1. The first-order valence-electron chi connectivity index (χ1n) is 11.4. The van der Waals surface area contributed by atoms with Gasteiger partial charge >= 0.3 is 0 Å². The van der Waals surface area contributed by atoms with Gasteiger partial charge in [0.2, 0.25) is 0 Å². The van der Waals surface area contributed by atoms with Crippen molar-refractivity contribution in [2.24, 2.45) is 4.99 Å². The van der Waals surface area contributed by atoms with E-state index in [2.05, 4.69) is 45.7 Å². The quantitative estimate of drug-likeness (QED) is 0.290. The van der Waals surface area contributed by atoms with E-state index >= 15 is 0 Å². The number of benzene rings is 1. The first-order chi connectivity index (χ1) is 14.7. The molecule has 1 aromatic carbocycles. The van der Waals surface area contributed by atoms with Crippen molar-refractivity contribution in [1.82, 2.24) is 25.8 Å². The lowest BCUT2D eigenvalue weighted by molar-refractivity contribution is 0.0963. The Morgan fingerprint density at radius 2 is 1.83 bits per heavy atom. The highest BCUT2D eigenvalue weighted by atomic mass is 16.1. The van der Waals surface area contributed by atoms with Crippen molar-refractivity contribution < 1.29 is 4.79 Å². The van der Waals surface area contributed by atoms with Crippen LogP contribution in [-0.2, 0) is 6.42 Å². The number of nitrogens with zero attached hydrogens (tertiary/aromatic N) is 3. The molecule has 3 N–H and O–H groups in total. The Labute approximate surface area is 182 Å². The number of amides is 1. The van der Waals surface area contributed by atoms with Gasteiger partial charge < -0.3 is 25.8 Å². The number of hydrogen-bond acceptors (Lipinski definition) is 4. The van der Waals surface area contributed by atoms with Crippen molar-refractivity contribution in [3.63, 3.8) is 0 Å². The second kappa shape index (κ2) is 14.0. The summed E-state index contributed by atoms with van der Waals surface area (Å²) in [5, 5.41) is 9.39. The van der Waals surface area contributed by atoms with Gasteiger partial charge in [-0.05, 0) is 57.0 Å². The number of aliphatic imine (C=N–C) groups is 1. The molecule has 7 nitrogen and oxygen atoms in total. The first kappa shape index (κ1) is 24.2. The molecule has 1 aromatic rings. The molecule has 1 fully saturated rings.